The molecule has 1 aliphatic heterocycles. The lowest BCUT2D eigenvalue weighted by atomic mass is 9.97. The predicted octanol–water partition coefficient (Wildman–Crippen LogP) is 2.18. The molecule has 0 saturated carbocycles. The average Bonchev–Trinajstić information content (AvgIpc) is 2.69. The van der Waals surface area contributed by atoms with Crippen molar-refractivity contribution < 1.29 is 38.1 Å². The number of amides is 1. The standard InChI is InChI=1S/C21H26INO8S/c1-11(24)23-18-20(30-14(4)27)19(29-13(3)26)17(9-28-12(2)25)31-21(18)32-10-15-5-7-16(22)8-6-15/h5-8,17-21H,9-10H2,1-4H3,(H,23,24)/t17-,18-,19+,20-,21-/m1/s1. The van der Waals surface area contributed by atoms with Crippen LogP contribution in [0.4, 0.5) is 0 Å². The van der Waals surface area contributed by atoms with E-state index in [1.165, 1.54) is 39.5 Å². The number of hydrogen-bond donors (Lipinski definition) is 1. The van der Waals surface area contributed by atoms with E-state index in [1.807, 2.05) is 24.3 Å². The zero-order valence-corrected chi connectivity index (χ0v) is 21.1. The van der Waals surface area contributed by atoms with E-state index in [9.17, 15) is 19.2 Å². The van der Waals surface area contributed by atoms with Crippen LogP contribution in [0.5, 0.6) is 0 Å². The Morgan fingerprint density at radius 2 is 1.56 bits per heavy atom. The van der Waals surface area contributed by atoms with Crippen LogP contribution in [0.3, 0.4) is 0 Å². The highest BCUT2D eigenvalue weighted by molar-refractivity contribution is 14.1. The first-order valence-corrected chi connectivity index (χ1v) is 12.0. The molecule has 9 nitrogen and oxygen atoms in total. The molecule has 1 aliphatic rings. The van der Waals surface area contributed by atoms with Crippen LogP contribution in [0, 0.1) is 3.57 Å². The number of carbonyl (C=O) groups excluding carboxylic acids is 4. The Morgan fingerprint density at radius 3 is 2.09 bits per heavy atom. The van der Waals surface area contributed by atoms with Gasteiger partial charge in [-0.1, -0.05) is 12.1 Å². The van der Waals surface area contributed by atoms with E-state index in [0.717, 1.165) is 9.13 Å². The molecular formula is C21H26INO8S. The minimum absolute atomic E-state index is 0.210. The molecule has 0 radical (unpaired) electrons. The lowest BCUT2D eigenvalue weighted by Crippen LogP contribution is -2.65. The fourth-order valence-electron chi connectivity index (χ4n) is 3.19. The lowest BCUT2D eigenvalue weighted by molar-refractivity contribution is -0.211. The van der Waals surface area contributed by atoms with Crippen molar-refractivity contribution in [3.8, 4) is 0 Å². The maximum absolute atomic E-state index is 11.9. The Labute approximate surface area is 204 Å². The summed E-state index contributed by atoms with van der Waals surface area (Å²) in [4.78, 5) is 46.9. The quantitative estimate of drug-likeness (QED) is 0.281. The highest BCUT2D eigenvalue weighted by Crippen LogP contribution is 2.34. The molecule has 0 bridgehead atoms. The average molecular weight is 579 g/mol. The molecule has 0 aromatic heterocycles. The maximum Gasteiger partial charge on any atom is 0.303 e. The zero-order chi connectivity index (χ0) is 23.8. The summed E-state index contributed by atoms with van der Waals surface area (Å²) < 4.78 is 23.2. The minimum Gasteiger partial charge on any atom is -0.463 e. The number of rotatable bonds is 8. The second kappa shape index (κ2) is 12.4. The van der Waals surface area contributed by atoms with E-state index in [2.05, 4.69) is 27.9 Å². The van der Waals surface area contributed by atoms with Gasteiger partial charge in [0.2, 0.25) is 5.91 Å². The number of carbonyl (C=O) groups is 4. The number of ether oxygens (including phenoxy) is 4. The Hall–Kier alpha value is -1.86. The molecule has 5 atom stereocenters. The van der Waals surface area contributed by atoms with Gasteiger partial charge >= 0.3 is 17.9 Å². The van der Waals surface area contributed by atoms with Crippen LogP contribution < -0.4 is 5.32 Å². The second-order valence-electron chi connectivity index (χ2n) is 7.16. The third-order valence-corrected chi connectivity index (χ3v) is 6.35. The summed E-state index contributed by atoms with van der Waals surface area (Å²) in [6.45, 7) is 4.80. The normalized spacial score (nSPS) is 24.8. The van der Waals surface area contributed by atoms with E-state index in [1.54, 1.807) is 0 Å². The summed E-state index contributed by atoms with van der Waals surface area (Å²) in [5.41, 5.74) is 0.359. The van der Waals surface area contributed by atoms with Gasteiger partial charge in [-0.05, 0) is 40.3 Å². The molecule has 11 heteroatoms. The summed E-state index contributed by atoms with van der Waals surface area (Å²) in [5.74, 6) is -1.60. The van der Waals surface area contributed by atoms with Crippen LogP contribution >= 0.6 is 34.4 Å². The Balaban J connectivity index is 2.35. The number of esters is 3. The number of benzene rings is 1. The van der Waals surface area contributed by atoms with E-state index in [4.69, 9.17) is 18.9 Å². The molecule has 1 amide bonds. The van der Waals surface area contributed by atoms with Gasteiger partial charge in [-0.2, -0.15) is 0 Å². The fraction of sp³-hybridized carbons (Fsp3) is 0.524. The number of halogens is 1. The minimum atomic E-state index is -1.08. The molecule has 1 heterocycles. The summed E-state index contributed by atoms with van der Waals surface area (Å²) >= 11 is 3.60. The van der Waals surface area contributed by atoms with Gasteiger partial charge in [-0.25, -0.2) is 0 Å². The zero-order valence-electron chi connectivity index (χ0n) is 18.2. The van der Waals surface area contributed by atoms with Gasteiger partial charge in [-0.3, -0.25) is 19.2 Å². The van der Waals surface area contributed by atoms with Crippen LogP contribution in [0.15, 0.2) is 24.3 Å². The van der Waals surface area contributed by atoms with Crippen LogP contribution in [-0.4, -0.2) is 60.2 Å². The molecule has 1 N–H and O–H groups in total. The molecule has 1 aromatic carbocycles. The van der Waals surface area contributed by atoms with Crippen molar-refractivity contribution in [2.45, 2.75) is 63.2 Å². The van der Waals surface area contributed by atoms with Crippen molar-refractivity contribution in [2.24, 2.45) is 0 Å². The summed E-state index contributed by atoms with van der Waals surface area (Å²) in [5, 5.41) is 2.76. The SMILES string of the molecule is CC(=O)N[C@@H]1[C@@H](OC(C)=O)[C@@H](OC(C)=O)[C@@H](COC(C)=O)O[C@@H]1SCc1ccc(I)cc1. The van der Waals surface area contributed by atoms with Gasteiger partial charge in [0.05, 0.1) is 0 Å². The molecule has 0 aliphatic carbocycles. The smallest absolute Gasteiger partial charge is 0.303 e. The topological polar surface area (TPSA) is 117 Å². The van der Waals surface area contributed by atoms with Crippen LogP contribution in [0.2, 0.25) is 0 Å². The van der Waals surface area contributed by atoms with Crippen LogP contribution in [-0.2, 0) is 43.9 Å². The van der Waals surface area contributed by atoms with Gasteiger partial charge in [-0.15, -0.1) is 11.8 Å². The van der Waals surface area contributed by atoms with Crippen molar-refractivity contribution >= 4 is 58.2 Å². The van der Waals surface area contributed by atoms with E-state index in [0.29, 0.717) is 5.75 Å². The van der Waals surface area contributed by atoms with E-state index >= 15 is 0 Å². The number of nitrogens with one attached hydrogen (secondary N) is 1. The maximum atomic E-state index is 11.9. The van der Waals surface area contributed by atoms with Crippen LogP contribution in [0.25, 0.3) is 0 Å². The van der Waals surface area contributed by atoms with E-state index < -0.39 is 47.7 Å². The van der Waals surface area contributed by atoms with Crippen molar-refractivity contribution in [1.29, 1.82) is 0 Å². The Kier molecular flexibility index (Phi) is 10.2. The van der Waals surface area contributed by atoms with Crippen molar-refractivity contribution in [2.75, 3.05) is 6.61 Å². The highest BCUT2D eigenvalue weighted by atomic mass is 127. The van der Waals surface area contributed by atoms with Crippen molar-refractivity contribution in [3.05, 3.63) is 33.4 Å². The number of thioether (sulfide) groups is 1. The van der Waals surface area contributed by atoms with Gasteiger partial charge in [0.15, 0.2) is 12.2 Å². The first-order chi connectivity index (χ1) is 15.1. The fourth-order valence-corrected chi connectivity index (χ4v) is 4.75. The Morgan fingerprint density at radius 1 is 0.969 bits per heavy atom. The first-order valence-electron chi connectivity index (χ1n) is 9.83. The predicted molar refractivity (Wildman–Crippen MR) is 124 cm³/mol. The summed E-state index contributed by atoms with van der Waals surface area (Å²) in [7, 11) is 0. The third kappa shape index (κ3) is 8.24. The van der Waals surface area contributed by atoms with Gasteiger partial charge < -0.3 is 24.3 Å². The lowest BCUT2D eigenvalue weighted by Gasteiger charge is -2.45. The largest absolute Gasteiger partial charge is 0.463 e. The third-order valence-electron chi connectivity index (χ3n) is 4.40. The van der Waals surface area contributed by atoms with Crippen molar-refractivity contribution in [3.63, 3.8) is 0 Å². The molecule has 1 fully saturated rings. The van der Waals surface area contributed by atoms with Crippen molar-refractivity contribution in [1.82, 2.24) is 5.32 Å². The number of hydrogen-bond acceptors (Lipinski definition) is 9. The van der Waals surface area contributed by atoms with Gasteiger partial charge in [0.1, 0.15) is 24.2 Å². The molecule has 32 heavy (non-hydrogen) atoms. The van der Waals surface area contributed by atoms with Gasteiger partial charge in [0, 0.05) is 37.0 Å². The van der Waals surface area contributed by atoms with Crippen LogP contribution in [0.1, 0.15) is 33.3 Å². The monoisotopic (exact) mass is 579 g/mol. The molecule has 176 valence electrons. The Bertz CT molecular complexity index is 834. The summed E-state index contributed by atoms with van der Waals surface area (Å²) in [6.07, 6.45) is -3.02. The van der Waals surface area contributed by atoms with Gasteiger partial charge in [0.25, 0.3) is 0 Å². The molecule has 2 rings (SSSR count). The van der Waals surface area contributed by atoms with E-state index in [-0.39, 0.29) is 12.5 Å². The molecule has 0 spiro atoms. The first kappa shape index (κ1) is 26.4. The molecule has 1 saturated heterocycles. The molecular weight excluding hydrogens is 553 g/mol. The summed E-state index contributed by atoms with van der Waals surface area (Å²) in [6, 6.07) is 7.11. The molecule has 1 aromatic rings. The second-order valence-corrected chi connectivity index (χ2v) is 9.49. The highest BCUT2D eigenvalue weighted by Gasteiger charge is 2.50. The molecule has 0 unspecified atom stereocenters.